The van der Waals surface area contributed by atoms with E-state index in [9.17, 15) is 4.79 Å². The van der Waals surface area contributed by atoms with Crippen molar-refractivity contribution in [2.24, 2.45) is 5.92 Å². The molecule has 1 fully saturated rings. The van der Waals surface area contributed by atoms with E-state index in [0.717, 1.165) is 11.3 Å². The molecule has 1 saturated heterocycles. The lowest BCUT2D eigenvalue weighted by Crippen LogP contribution is -2.17. The second-order valence-corrected chi connectivity index (χ2v) is 8.25. The molecule has 2 aromatic rings. The summed E-state index contributed by atoms with van der Waals surface area (Å²) in [6.45, 7) is 5.57. The Balaban J connectivity index is 1.62. The molecule has 0 saturated carbocycles. The van der Waals surface area contributed by atoms with Crippen molar-refractivity contribution in [1.29, 1.82) is 0 Å². The topological polar surface area (TPSA) is 56.8 Å². The number of carbonyl (C=O) groups is 1. The third kappa shape index (κ3) is 6.24. The Morgan fingerprint density at radius 2 is 1.83 bits per heavy atom. The molecular weight excluding hydrogens is 406 g/mol. The maximum atomic E-state index is 11.9. The number of ether oxygens (including phenoxy) is 3. The largest absolute Gasteiger partial charge is 0.493 e. The summed E-state index contributed by atoms with van der Waals surface area (Å²) in [5.74, 6) is 2.18. The molecule has 2 aromatic carbocycles. The summed E-state index contributed by atoms with van der Waals surface area (Å²) in [6, 6.07) is 15.3. The highest BCUT2D eigenvalue weighted by molar-refractivity contribution is 8.26. The van der Waals surface area contributed by atoms with Gasteiger partial charge in [0.05, 0.1) is 24.7 Å². The van der Waals surface area contributed by atoms with E-state index < -0.39 is 0 Å². The molecule has 5 nitrogen and oxygen atoms in total. The Labute approximate surface area is 180 Å². The van der Waals surface area contributed by atoms with Crippen LogP contribution >= 0.6 is 24.0 Å². The number of benzene rings is 2. The van der Waals surface area contributed by atoms with Crippen LogP contribution in [0.3, 0.4) is 0 Å². The van der Waals surface area contributed by atoms with Crippen LogP contribution in [-0.4, -0.2) is 30.0 Å². The van der Waals surface area contributed by atoms with E-state index in [2.05, 4.69) is 12.2 Å². The number of thiocarbonyl (C=S) groups is 1. The van der Waals surface area contributed by atoms with Gasteiger partial charge in [0.1, 0.15) is 10.1 Å². The molecule has 7 heteroatoms. The molecule has 29 heavy (non-hydrogen) atoms. The lowest BCUT2D eigenvalue weighted by molar-refractivity contribution is -0.115. The zero-order chi connectivity index (χ0) is 20.6. The fourth-order valence-corrected chi connectivity index (χ4v) is 3.65. The van der Waals surface area contributed by atoms with Crippen LogP contribution in [0.1, 0.15) is 19.4 Å². The van der Waals surface area contributed by atoms with Gasteiger partial charge in [0, 0.05) is 5.92 Å². The first-order valence-corrected chi connectivity index (χ1v) is 10.6. The normalized spacial score (nSPS) is 15.9. The minimum atomic E-state index is -0.175. The number of para-hydroxylation sites is 1. The summed E-state index contributed by atoms with van der Waals surface area (Å²) in [6.07, 6.45) is 1.79. The molecule has 0 aromatic heterocycles. The number of hydrogen-bond acceptors (Lipinski definition) is 6. The van der Waals surface area contributed by atoms with E-state index in [1.165, 1.54) is 11.8 Å². The van der Waals surface area contributed by atoms with E-state index in [1.807, 2.05) is 55.5 Å². The highest BCUT2D eigenvalue weighted by atomic mass is 32.2. The molecule has 1 aliphatic rings. The average Bonchev–Trinajstić information content (AvgIpc) is 3.03. The molecule has 152 valence electrons. The standard InChI is InChI=1S/C22H23NO4S2/c1-3-25-19-11-16(12-20-21(24)23-22(28)29-20)9-10-18(19)27-14-15(2)13-26-17-7-5-4-6-8-17/h4-12,15H,3,13-14H2,1-2H3,(H,23,24,28)/b20-12-. The van der Waals surface area contributed by atoms with Crippen molar-refractivity contribution in [1.82, 2.24) is 5.32 Å². The smallest absolute Gasteiger partial charge is 0.263 e. The van der Waals surface area contributed by atoms with E-state index in [1.54, 1.807) is 6.08 Å². The van der Waals surface area contributed by atoms with Crippen LogP contribution in [-0.2, 0) is 4.79 Å². The minimum Gasteiger partial charge on any atom is -0.493 e. The number of amides is 1. The lowest BCUT2D eigenvalue weighted by atomic mass is 10.1. The Morgan fingerprint density at radius 3 is 2.52 bits per heavy atom. The predicted molar refractivity (Wildman–Crippen MR) is 121 cm³/mol. The highest BCUT2D eigenvalue weighted by Gasteiger charge is 2.22. The van der Waals surface area contributed by atoms with Gasteiger partial charge >= 0.3 is 0 Å². The number of rotatable bonds is 9. The molecule has 0 bridgehead atoms. The van der Waals surface area contributed by atoms with Crippen LogP contribution in [0.15, 0.2) is 53.4 Å². The van der Waals surface area contributed by atoms with Gasteiger partial charge in [-0.25, -0.2) is 0 Å². The molecule has 1 heterocycles. The molecular formula is C22H23NO4S2. The first-order valence-electron chi connectivity index (χ1n) is 9.37. The van der Waals surface area contributed by atoms with E-state index in [0.29, 0.717) is 40.5 Å². The molecule has 3 rings (SSSR count). The van der Waals surface area contributed by atoms with Crippen LogP contribution < -0.4 is 19.5 Å². The van der Waals surface area contributed by atoms with Gasteiger partial charge in [-0.1, -0.05) is 55.2 Å². The Hall–Kier alpha value is -2.51. The molecule has 0 spiro atoms. The predicted octanol–water partition coefficient (Wildman–Crippen LogP) is 4.67. The Bertz CT molecular complexity index is 899. The van der Waals surface area contributed by atoms with Gasteiger partial charge in [0.15, 0.2) is 11.5 Å². The van der Waals surface area contributed by atoms with Gasteiger partial charge in [0.25, 0.3) is 5.91 Å². The molecule has 1 N–H and O–H groups in total. The quantitative estimate of drug-likeness (QED) is 0.462. The average molecular weight is 430 g/mol. The highest BCUT2D eigenvalue weighted by Crippen LogP contribution is 2.32. The van der Waals surface area contributed by atoms with Crippen molar-refractivity contribution in [2.45, 2.75) is 13.8 Å². The third-order valence-corrected chi connectivity index (χ3v) is 5.17. The summed E-state index contributed by atoms with van der Waals surface area (Å²) in [5, 5.41) is 2.61. The number of carbonyl (C=O) groups excluding carboxylic acids is 1. The summed E-state index contributed by atoms with van der Waals surface area (Å²) in [7, 11) is 0. The van der Waals surface area contributed by atoms with Crippen LogP contribution in [0, 0.1) is 5.92 Å². The van der Waals surface area contributed by atoms with Crippen LogP contribution in [0.4, 0.5) is 0 Å². The van der Waals surface area contributed by atoms with Crippen molar-refractivity contribution < 1.29 is 19.0 Å². The first-order chi connectivity index (χ1) is 14.0. The van der Waals surface area contributed by atoms with Gasteiger partial charge in [-0.05, 0) is 42.8 Å². The van der Waals surface area contributed by atoms with Crippen LogP contribution in [0.2, 0.25) is 0 Å². The molecule has 1 amide bonds. The molecule has 1 unspecified atom stereocenters. The molecule has 1 atom stereocenters. The van der Waals surface area contributed by atoms with Gasteiger partial charge < -0.3 is 19.5 Å². The maximum absolute atomic E-state index is 11.9. The van der Waals surface area contributed by atoms with Crippen LogP contribution in [0.25, 0.3) is 6.08 Å². The second-order valence-electron chi connectivity index (χ2n) is 6.53. The molecule has 1 aliphatic heterocycles. The SMILES string of the molecule is CCOc1cc(/C=C2\SC(=S)NC2=O)ccc1OCC(C)COc1ccccc1. The third-order valence-electron chi connectivity index (χ3n) is 4.01. The first kappa shape index (κ1) is 21.2. The summed E-state index contributed by atoms with van der Waals surface area (Å²) in [4.78, 5) is 12.4. The summed E-state index contributed by atoms with van der Waals surface area (Å²) >= 11 is 6.28. The second kappa shape index (κ2) is 10.3. The van der Waals surface area contributed by atoms with E-state index in [4.69, 9.17) is 26.4 Å². The van der Waals surface area contributed by atoms with Crippen molar-refractivity contribution >= 4 is 40.3 Å². The number of thioether (sulfide) groups is 1. The van der Waals surface area contributed by atoms with Crippen molar-refractivity contribution in [2.75, 3.05) is 19.8 Å². The van der Waals surface area contributed by atoms with Gasteiger partial charge in [0.2, 0.25) is 0 Å². The zero-order valence-corrected chi connectivity index (χ0v) is 18.0. The Morgan fingerprint density at radius 1 is 1.07 bits per heavy atom. The van der Waals surface area contributed by atoms with Crippen LogP contribution in [0.5, 0.6) is 17.2 Å². The fourth-order valence-electron chi connectivity index (χ4n) is 2.61. The monoisotopic (exact) mass is 429 g/mol. The van der Waals surface area contributed by atoms with Gasteiger partial charge in [-0.3, -0.25) is 4.79 Å². The van der Waals surface area contributed by atoms with Gasteiger partial charge in [-0.2, -0.15) is 0 Å². The lowest BCUT2D eigenvalue weighted by Gasteiger charge is -2.17. The maximum Gasteiger partial charge on any atom is 0.263 e. The van der Waals surface area contributed by atoms with Crippen molar-refractivity contribution in [3.05, 3.63) is 59.0 Å². The molecule has 0 radical (unpaired) electrons. The van der Waals surface area contributed by atoms with Crippen molar-refractivity contribution in [3.63, 3.8) is 0 Å². The summed E-state index contributed by atoms with van der Waals surface area (Å²) < 4.78 is 18.0. The van der Waals surface area contributed by atoms with Gasteiger partial charge in [-0.15, -0.1) is 0 Å². The minimum absolute atomic E-state index is 0.175. The molecule has 0 aliphatic carbocycles. The van der Waals surface area contributed by atoms with E-state index >= 15 is 0 Å². The Kier molecular flexibility index (Phi) is 7.55. The zero-order valence-electron chi connectivity index (χ0n) is 16.3. The number of hydrogen-bond donors (Lipinski definition) is 1. The van der Waals surface area contributed by atoms with Crippen molar-refractivity contribution in [3.8, 4) is 17.2 Å². The summed E-state index contributed by atoms with van der Waals surface area (Å²) in [5.41, 5.74) is 0.851. The van der Waals surface area contributed by atoms with E-state index in [-0.39, 0.29) is 11.8 Å². The fraction of sp³-hybridized carbons (Fsp3) is 0.273. The number of nitrogens with one attached hydrogen (secondary N) is 1.